The van der Waals surface area contributed by atoms with E-state index in [0.717, 1.165) is 10.2 Å². The molecule has 0 unspecified atom stereocenters. The molecule has 8 heteroatoms. The van der Waals surface area contributed by atoms with Crippen LogP contribution in [0.5, 0.6) is 11.5 Å². The lowest BCUT2D eigenvalue weighted by atomic mass is 10.1. The predicted molar refractivity (Wildman–Crippen MR) is 116 cm³/mol. The number of rotatable bonds is 8. The fraction of sp³-hybridized carbons (Fsp3) is 0.318. The Kier molecular flexibility index (Phi) is 7.02. The topological polar surface area (TPSA) is 79.1 Å². The van der Waals surface area contributed by atoms with Gasteiger partial charge in [0.15, 0.2) is 22.1 Å². The zero-order valence-corrected chi connectivity index (χ0v) is 18.2. The van der Waals surface area contributed by atoms with Crippen molar-refractivity contribution < 1.29 is 23.8 Å². The number of amides is 1. The van der Waals surface area contributed by atoms with Gasteiger partial charge in [0, 0.05) is 36.4 Å². The molecule has 0 spiro atoms. The number of hydrogen-bond acceptors (Lipinski definition) is 6. The standard InChI is InChI=1S/C22H24N2O5S/c1-5-29-11-10-24-17-12-18(27-3)19(28-4)13-20(17)30-22(24)23-21(26)16-8-6-15(7-9-16)14(2)25/h6-9,12-13H,5,10-11H2,1-4H3. The van der Waals surface area contributed by atoms with Crippen molar-refractivity contribution >= 4 is 33.2 Å². The molecule has 0 saturated carbocycles. The lowest BCUT2D eigenvalue weighted by molar-refractivity contribution is 0.0990. The third kappa shape index (κ3) is 4.60. The number of carbonyl (C=O) groups is 2. The number of methoxy groups -OCH3 is 2. The van der Waals surface area contributed by atoms with Crippen molar-refractivity contribution in [1.29, 1.82) is 0 Å². The Bertz CT molecular complexity index is 1130. The van der Waals surface area contributed by atoms with Crippen molar-refractivity contribution in [2.24, 2.45) is 4.99 Å². The van der Waals surface area contributed by atoms with Gasteiger partial charge in [-0.25, -0.2) is 0 Å². The smallest absolute Gasteiger partial charge is 0.279 e. The average Bonchev–Trinajstić information content (AvgIpc) is 3.08. The van der Waals surface area contributed by atoms with E-state index in [-0.39, 0.29) is 11.7 Å². The lowest BCUT2D eigenvalue weighted by Crippen LogP contribution is -2.19. The number of hydrogen-bond donors (Lipinski definition) is 0. The molecular weight excluding hydrogens is 404 g/mol. The maximum absolute atomic E-state index is 12.8. The van der Waals surface area contributed by atoms with E-state index in [9.17, 15) is 9.59 Å². The Morgan fingerprint density at radius 2 is 1.67 bits per heavy atom. The van der Waals surface area contributed by atoms with Crippen molar-refractivity contribution in [3.05, 3.63) is 52.3 Å². The number of ether oxygens (including phenoxy) is 3. The largest absolute Gasteiger partial charge is 0.493 e. The first-order valence-corrected chi connectivity index (χ1v) is 10.3. The molecule has 0 radical (unpaired) electrons. The highest BCUT2D eigenvalue weighted by atomic mass is 32.1. The van der Waals surface area contributed by atoms with Gasteiger partial charge in [0.1, 0.15) is 0 Å². The molecule has 0 aliphatic carbocycles. The van der Waals surface area contributed by atoms with E-state index >= 15 is 0 Å². The minimum absolute atomic E-state index is 0.0490. The van der Waals surface area contributed by atoms with Crippen LogP contribution in [0.2, 0.25) is 0 Å². The SMILES string of the molecule is CCOCCn1c(=NC(=O)c2ccc(C(C)=O)cc2)sc2cc(OC)c(OC)cc21. The molecule has 0 fully saturated rings. The molecule has 30 heavy (non-hydrogen) atoms. The number of Topliss-reactive ketones (excluding diaryl/α,β-unsaturated/α-hetero) is 1. The van der Waals surface area contributed by atoms with Crippen LogP contribution in [0.15, 0.2) is 41.4 Å². The molecule has 2 aromatic carbocycles. The molecule has 0 aliphatic rings. The zero-order valence-electron chi connectivity index (χ0n) is 17.4. The molecule has 0 aliphatic heterocycles. The highest BCUT2D eigenvalue weighted by Crippen LogP contribution is 2.33. The molecule has 7 nitrogen and oxygen atoms in total. The zero-order chi connectivity index (χ0) is 21.7. The van der Waals surface area contributed by atoms with E-state index in [0.29, 0.717) is 47.2 Å². The number of ketones is 1. The van der Waals surface area contributed by atoms with Crippen LogP contribution in [-0.4, -0.2) is 43.7 Å². The van der Waals surface area contributed by atoms with E-state index in [1.165, 1.54) is 18.3 Å². The number of carbonyl (C=O) groups excluding carboxylic acids is 2. The van der Waals surface area contributed by atoms with E-state index in [1.54, 1.807) is 38.5 Å². The molecule has 3 rings (SSSR count). The monoisotopic (exact) mass is 428 g/mol. The summed E-state index contributed by atoms with van der Waals surface area (Å²) >= 11 is 1.39. The third-order valence-corrected chi connectivity index (χ3v) is 5.63. The van der Waals surface area contributed by atoms with Gasteiger partial charge in [0.2, 0.25) is 0 Å². The second-order valence-corrected chi connectivity index (χ2v) is 7.47. The van der Waals surface area contributed by atoms with Crippen molar-refractivity contribution in [2.75, 3.05) is 27.4 Å². The molecule has 0 N–H and O–H groups in total. The van der Waals surface area contributed by atoms with E-state index in [1.807, 2.05) is 23.6 Å². The molecule has 1 amide bonds. The van der Waals surface area contributed by atoms with Crippen molar-refractivity contribution in [3.8, 4) is 11.5 Å². The van der Waals surface area contributed by atoms with Gasteiger partial charge in [-0.15, -0.1) is 0 Å². The normalized spacial score (nSPS) is 11.7. The van der Waals surface area contributed by atoms with E-state index in [2.05, 4.69) is 4.99 Å². The van der Waals surface area contributed by atoms with Crippen LogP contribution in [0.4, 0.5) is 0 Å². The number of benzene rings is 2. The minimum Gasteiger partial charge on any atom is -0.493 e. The van der Waals surface area contributed by atoms with Crippen LogP contribution in [-0.2, 0) is 11.3 Å². The van der Waals surface area contributed by atoms with Crippen LogP contribution < -0.4 is 14.3 Å². The second-order valence-electron chi connectivity index (χ2n) is 6.46. The summed E-state index contributed by atoms with van der Waals surface area (Å²) in [5, 5.41) is 0. The Balaban J connectivity index is 2.08. The summed E-state index contributed by atoms with van der Waals surface area (Å²) in [7, 11) is 3.17. The summed E-state index contributed by atoms with van der Waals surface area (Å²) in [5.41, 5.74) is 1.86. The minimum atomic E-state index is -0.374. The third-order valence-electron chi connectivity index (χ3n) is 4.59. The van der Waals surface area contributed by atoms with Gasteiger partial charge in [-0.1, -0.05) is 23.5 Å². The van der Waals surface area contributed by atoms with Crippen molar-refractivity contribution in [3.63, 3.8) is 0 Å². The summed E-state index contributed by atoms with van der Waals surface area (Å²) in [6.07, 6.45) is 0. The Hall–Kier alpha value is -2.97. The summed E-state index contributed by atoms with van der Waals surface area (Å²) in [6.45, 7) is 5.06. The quantitative estimate of drug-likeness (QED) is 0.404. The van der Waals surface area contributed by atoms with Crippen molar-refractivity contribution in [2.45, 2.75) is 20.4 Å². The number of fused-ring (bicyclic) bond motifs is 1. The Labute approximate surface area is 178 Å². The molecule has 3 aromatic rings. The number of aromatic nitrogens is 1. The van der Waals surface area contributed by atoms with Gasteiger partial charge in [-0.05, 0) is 26.0 Å². The lowest BCUT2D eigenvalue weighted by Gasteiger charge is -2.09. The van der Waals surface area contributed by atoms with Crippen LogP contribution in [0, 0.1) is 0 Å². The van der Waals surface area contributed by atoms with Gasteiger partial charge >= 0.3 is 0 Å². The number of nitrogens with zero attached hydrogens (tertiary/aromatic N) is 2. The first-order chi connectivity index (χ1) is 14.5. The van der Waals surface area contributed by atoms with Crippen LogP contribution in [0.3, 0.4) is 0 Å². The highest BCUT2D eigenvalue weighted by molar-refractivity contribution is 7.16. The molecule has 0 saturated heterocycles. The molecule has 0 atom stereocenters. The maximum atomic E-state index is 12.8. The summed E-state index contributed by atoms with van der Waals surface area (Å²) in [4.78, 5) is 29.1. The molecule has 0 bridgehead atoms. The molecule has 1 aromatic heterocycles. The van der Waals surface area contributed by atoms with Gasteiger partial charge in [-0.3, -0.25) is 9.59 Å². The molecular formula is C22H24N2O5S. The van der Waals surface area contributed by atoms with Gasteiger partial charge in [0.05, 0.1) is 31.0 Å². The first kappa shape index (κ1) is 21.7. The van der Waals surface area contributed by atoms with Crippen LogP contribution >= 0.6 is 11.3 Å². The first-order valence-electron chi connectivity index (χ1n) is 9.51. The Morgan fingerprint density at radius 1 is 1.03 bits per heavy atom. The number of thiazole rings is 1. The van der Waals surface area contributed by atoms with Crippen LogP contribution in [0.1, 0.15) is 34.6 Å². The average molecular weight is 429 g/mol. The predicted octanol–water partition coefficient (Wildman–Crippen LogP) is 3.70. The van der Waals surface area contributed by atoms with Crippen molar-refractivity contribution in [1.82, 2.24) is 4.57 Å². The van der Waals surface area contributed by atoms with Crippen LogP contribution in [0.25, 0.3) is 10.2 Å². The molecule has 1 heterocycles. The maximum Gasteiger partial charge on any atom is 0.279 e. The summed E-state index contributed by atoms with van der Waals surface area (Å²) < 4.78 is 19.2. The molecule has 158 valence electrons. The highest BCUT2D eigenvalue weighted by Gasteiger charge is 2.14. The van der Waals surface area contributed by atoms with Gasteiger partial charge in [0.25, 0.3) is 5.91 Å². The Morgan fingerprint density at radius 3 is 2.27 bits per heavy atom. The summed E-state index contributed by atoms with van der Waals surface area (Å²) in [5.74, 6) is 0.791. The van der Waals surface area contributed by atoms with E-state index in [4.69, 9.17) is 14.2 Å². The summed E-state index contributed by atoms with van der Waals surface area (Å²) in [6, 6.07) is 10.3. The van der Waals surface area contributed by atoms with Gasteiger partial charge in [-0.2, -0.15) is 4.99 Å². The van der Waals surface area contributed by atoms with E-state index < -0.39 is 0 Å². The van der Waals surface area contributed by atoms with Gasteiger partial charge < -0.3 is 18.8 Å². The fourth-order valence-electron chi connectivity index (χ4n) is 3.00. The fourth-order valence-corrected chi connectivity index (χ4v) is 4.06. The second kappa shape index (κ2) is 9.69.